The summed E-state index contributed by atoms with van der Waals surface area (Å²) in [6, 6.07) is 7.65. The van der Waals surface area contributed by atoms with Crippen LogP contribution in [-0.4, -0.2) is 43.6 Å². The van der Waals surface area contributed by atoms with Crippen LogP contribution in [0.25, 0.3) is 0 Å². The Morgan fingerprint density at radius 2 is 1.91 bits per heavy atom. The highest BCUT2D eigenvalue weighted by atomic mass is 35.5. The molecule has 0 radical (unpaired) electrons. The number of para-hydroxylation sites is 1. The molecule has 23 heavy (non-hydrogen) atoms. The Morgan fingerprint density at radius 3 is 2.48 bits per heavy atom. The van der Waals surface area contributed by atoms with Gasteiger partial charge in [-0.25, -0.2) is 0 Å². The van der Waals surface area contributed by atoms with Gasteiger partial charge in [-0.3, -0.25) is 9.69 Å². The fourth-order valence-electron chi connectivity index (χ4n) is 2.79. The monoisotopic (exact) mass is 363 g/mol. The van der Waals surface area contributed by atoms with Crippen LogP contribution in [0.4, 0.5) is 0 Å². The summed E-state index contributed by atoms with van der Waals surface area (Å²) in [6.45, 7) is 4.36. The summed E-state index contributed by atoms with van der Waals surface area (Å²) in [7, 11) is 1.68. The van der Waals surface area contributed by atoms with Gasteiger partial charge in [0.25, 0.3) is 0 Å². The van der Waals surface area contributed by atoms with E-state index < -0.39 is 6.04 Å². The van der Waals surface area contributed by atoms with Gasteiger partial charge in [0.1, 0.15) is 5.75 Å². The topological polar surface area (TPSA) is 67.6 Å². The Morgan fingerprint density at radius 1 is 1.30 bits per heavy atom. The number of benzene rings is 1. The van der Waals surface area contributed by atoms with Crippen molar-refractivity contribution in [1.82, 2.24) is 10.2 Å². The molecule has 7 heteroatoms. The number of amides is 1. The van der Waals surface area contributed by atoms with Gasteiger partial charge in [-0.2, -0.15) is 0 Å². The molecule has 0 spiro atoms. The van der Waals surface area contributed by atoms with Crippen molar-refractivity contribution in [2.75, 3.05) is 26.7 Å². The van der Waals surface area contributed by atoms with Crippen molar-refractivity contribution in [2.45, 2.75) is 31.8 Å². The Hall–Kier alpha value is -1.01. The second-order valence-corrected chi connectivity index (χ2v) is 5.53. The molecule has 2 atom stereocenters. The van der Waals surface area contributed by atoms with Gasteiger partial charge in [-0.05, 0) is 38.9 Å². The van der Waals surface area contributed by atoms with E-state index in [0.717, 1.165) is 24.4 Å². The molecule has 1 unspecified atom stereocenters. The minimum Gasteiger partial charge on any atom is -0.496 e. The zero-order valence-electron chi connectivity index (χ0n) is 13.7. The number of likely N-dealkylation sites (tertiary alicyclic amines) is 1. The first-order valence-corrected chi connectivity index (χ1v) is 7.53. The zero-order valence-corrected chi connectivity index (χ0v) is 15.3. The summed E-state index contributed by atoms with van der Waals surface area (Å²) in [5.74, 6) is 0.749. The number of ether oxygens (including phenoxy) is 1. The van der Waals surface area contributed by atoms with Crippen LogP contribution in [0.5, 0.6) is 5.75 Å². The summed E-state index contributed by atoms with van der Waals surface area (Å²) >= 11 is 0. The molecule has 0 saturated carbocycles. The van der Waals surface area contributed by atoms with Crippen molar-refractivity contribution in [3.05, 3.63) is 29.8 Å². The molecule has 2 rings (SSSR count). The standard InChI is InChI=1S/C16H25N3O2.2ClH/c1-12(17)16(20)18-11-14(19-9-5-6-10-19)13-7-3-4-8-15(13)21-2;;/h3-4,7-8,12,14H,5-6,9-11,17H2,1-2H3,(H,18,20);2*1H/t12-,14?;;/m1../s1. The maximum absolute atomic E-state index is 11.8. The van der Waals surface area contributed by atoms with Crippen LogP contribution in [0.1, 0.15) is 31.4 Å². The zero-order chi connectivity index (χ0) is 15.2. The third-order valence-corrected chi connectivity index (χ3v) is 3.96. The number of carbonyl (C=O) groups is 1. The molecule has 132 valence electrons. The molecule has 3 N–H and O–H groups in total. The van der Waals surface area contributed by atoms with Gasteiger partial charge in [-0.15, -0.1) is 24.8 Å². The summed E-state index contributed by atoms with van der Waals surface area (Å²) in [5.41, 5.74) is 6.74. The van der Waals surface area contributed by atoms with Crippen LogP contribution in [0.15, 0.2) is 24.3 Å². The van der Waals surface area contributed by atoms with Crippen LogP contribution < -0.4 is 15.8 Å². The molecule has 0 bridgehead atoms. The number of nitrogens with two attached hydrogens (primary N) is 1. The van der Waals surface area contributed by atoms with Crippen molar-refractivity contribution < 1.29 is 9.53 Å². The van der Waals surface area contributed by atoms with Gasteiger partial charge in [-0.1, -0.05) is 18.2 Å². The second-order valence-electron chi connectivity index (χ2n) is 5.53. The predicted octanol–water partition coefficient (Wildman–Crippen LogP) is 2.14. The molecule has 1 aliphatic rings. The smallest absolute Gasteiger partial charge is 0.236 e. The maximum Gasteiger partial charge on any atom is 0.236 e. The number of carbonyl (C=O) groups excluding carboxylic acids is 1. The summed E-state index contributed by atoms with van der Waals surface area (Å²) < 4.78 is 5.48. The lowest BCUT2D eigenvalue weighted by Crippen LogP contribution is -2.43. The van der Waals surface area contributed by atoms with E-state index in [-0.39, 0.29) is 36.8 Å². The number of halogens is 2. The molecule has 1 aromatic carbocycles. The Bertz CT molecular complexity index is 480. The van der Waals surface area contributed by atoms with Gasteiger partial charge in [0.15, 0.2) is 0 Å². The Balaban J connectivity index is 0.00000242. The molecule has 5 nitrogen and oxygen atoms in total. The van der Waals surface area contributed by atoms with E-state index >= 15 is 0 Å². The average Bonchev–Trinajstić information content (AvgIpc) is 3.01. The highest BCUT2D eigenvalue weighted by Gasteiger charge is 2.26. The van der Waals surface area contributed by atoms with E-state index in [1.54, 1.807) is 14.0 Å². The molecular formula is C16H27Cl2N3O2. The van der Waals surface area contributed by atoms with Gasteiger partial charge >= 0.3 is 0 Å². The highest BCUT2D eigenvalue weighted by Crippen LogP contribution is 2.31. The average molecular weight is 364 g/mol. The van der Waals surface area contributed by atoms with Crippen LogP contribution in [0.2, 0.25) is 0 Å². The number of rotatable bonds is 6. The molecule has 1 heterocycles. The van der Waals surface area contributed by atoms with Crippen LogP contribution in [0, 0.1) is 0 Å². The van der Waals surface area contributed by atoms with Gasteiger partial charge < -0.3 is 15.8 Å². The van der Waals surface area contributed by atoms with Crippen molar-refractivity contribution in [2.24, 2.45) is 5.73 Å². The molecule has 1 aromatic rings. The lowest BCUT2D eigenvalue weighted by Gasteiger charge is -2.29. The summed E-state index contributed by atoms with van der Waals surface area (Å²) in [4.78, 5) is 14.2. The first kappa shape index (κ1) is 22.0. The van der Waals surface area contributed by atoms with E-state index in [2.05, 4.69) is 16.3 Å². The molecule has 1 amide bonds. The van der Waals surface area contributed by atoms with Gasteiger partial charge in [0.2, 0.25) is 5.91 Å². The number of hydrogen-bond acceptors (Lipinski definition) is 4. The Labute approximate surface area is 150 Å². The normalized spacial score (nSPS) is 16.7. The quantitative estimate of drug-likeness (QED) is 0.812. The van der Waals surface area contributed by atoms with E-state index in [4.69, 9.17) is 10.5 Å². The molecule has 1 saturated heterocycles. The van der Waals surface area contributed by atoms with E-state index in [0.29, 0.717) is 6.54 Å². The lowest BCUT2D eigenvalue weighted by atomic mass is 10.0. The first-order chi connectivity index (χ1) is 10.1. The first-order valence-electron chi connectivity index (χ1n) is 7.53. The van der Waals surface area contributed by atoms with Crippen LogP contribution >= 0.6 is 24.8 Å². The van der Waals surface area contributed by atoms with Crippen LogP contribution in [0.3, 0.4) is 0 Å². The molecule has 1 fully saturated rings. The van der Waals surface area contributed by atoms with E-state index in [9.17, 15) is 4.79 Å². The number of nitrogens with zero attached hydrogens (tertiary/aromatic N) is 1. The minimum absolute atomic E-state index is 0. The predicted molar refractivity (Wildman–Crippen MR) is 97.7 cm³/mol. The highest BCUT2D eigenvalue weighted by molar-refractivity contribution is 5.85. The molecule has 1 aliphatic heterocycles. The van der Waals surface area contributed by atoms with Gasteiger partial charge in [0, 0.05) is 12.1 Å². The SMILES string of the molecule is COc1ccccc1C(CNC(=O)[C@@H](C)N)N1CCCC1.Cl.Cl. The fraction of sp³-hybridized carbons (Fsp3) is 0.562. The third-order valence-electron chi connectivity index (χ3n) is 3.96. The molecule has 0 aliphatic carbocycles. The second kappa shape index (κ2) is 10.7. The largest absolute Gasteiger partial charge is 0.496 e. The lowest BCUT2D eigenvalue weighted by molar-refractivity contribution is -0.122. The third kappa shape index (κ3) is 5.84. The number of hydrogen-bond donors (Lipinski definition) is 2. The van der Waals surface area contributed by atoms with E-state index in [1.165, 1.54) is 12.8 Å². The molecule has 0 aromatic heterocycles. The van der Waals surface area contributed by atoms with Crippen molar-refractivity contribution in [3.63, 3.8) is 0 Å². The van der Waals surface area contributed by atoms with E-state index in [1.807, 2.05) is 18.2 Å². The van der Waals surface area contributed by atoms with Crippen molar-refractivity contribution in [3.8, 4) is 5.75 Å². The van der Waals surface area contributed by atoms with Gasteiger partial charge in [0.05, 0.1) is 19.2 Å². The summed E-state index contributed by atoms with van der Waals surface area (Å²) in [6.07, 6.45) is 2.40. The Kier molecular flexibility index (Phi) is 10.2. The summed E-state index contributed by atoms with van der Waals surface area (Å²) in [5, 5.41) is 2.95. The number of nitrogens with one attached hydrogen (secondary N) is 1. The fourth-order valence-corrected chi connectivity index (χ4v) is 2.79. The van der Waals surface area contributed by atoms with Crippen molar-refractivity contribution >= 4 is 30.7 Å². The van der Waals surface area contributed by atoms with Crippen LogP contribution in [-0.2, 0) is 4.79 Å². The number of methoxy groups -OCH3 is 1. The molecular weight excluding hydrogens is 337 g/mol. The maximum atomic E-state index is 11.8. The van der Waals surface area contributed by atoms with Crippen molar-refractivity contribution in [1.29, 1.82) is 0 Å². The minimum atomic E-state index is -0.484.